The van der Waals surface area contributed by atoms with Crippen molar-refractivity contribution >= 4 is 34.8 Å². The molecule has 1 fully saturated rings. The highest BCUT2D eigenvalue weighted by Gasteiger charge is 2.19. The molecule has 1 aliphatic heterocycles. The molecule has 0 bridgehead atoms. The third-order valence-corrected chi connectivity index (χ3v) is 5.41. The molecule has 7 heteroatoms. The van der Waals surface area contributed by atoms with Gasteiger partial charge in [-0.2, -0.15) is 0 Å². The van der Waals surface area contributed by atoms with Gasteiger partial charge in [0, 0.05) is 38.4 Å². The number of rotatable bonds is 7. The highest BCUT2D eigenvalue weighted by atomic mass is 35.5. The molecule has 0 unspecified atom stereocenters. The van der Waals surface area contributed by atoms with E-state index >= 15 is 0 Å². The molecule has 1 aliphatic rings. The summed E-state index contributed by atoms with van der Waals surface area (Å²) in [4.78, 5) is 16.8. The Bertz CT molecular complexity index is 791. The summed E-state index contributed by atoms with van der Waals surface area (Å²) in [6, 6.07) is 13.2. The summed E-state index contributed by atoms with van der Waals surface area (Å²) < 4.78 is 5.41. The molecule has 3 rings (SSSR count). The molecule has 1 saturated heterocycles. The van der Waals surface area contributed by atoms with Crippen molar-refractivity contribution in [2.24, 2.45) is 0 Å². The summed E-state index contributed by atoms with van der Waals surface area (Å²) in [6.45, 7) is 7.35. The Kier molecular flexibility index (Phi) is 7.57. The third-order valence-electron chi connectivity index (χ3n) is 4.67. The molecule has 1 heterocycles. The molecule has 0 saturated carbocycles. The molecule has 2 aromatic carbocycles. The molecule has 150 valence electrons. The number of benzene rings is 2. The molecule has 0 radical (unpaired) electrons. The van der Waals surface area contributed by atoms with E-state index in [9.17, 15) is 4.79 Å². The normalized spacial score (nSPS) is 15.4. The Labute approximate surface area is 176 Å². The monoisotopic (exact) mass is 421 g/mol. The Hall–Kier alpha value is -1.79. The second-order valence-electron chi connectivity index (χ2n) is 6.81. The molecule has 1 N–H and O–H groups in total. The van der Waals surface area contributed by atoms with Gasteiger partial charge in [0.2, 0.25) is 5.91 Å². The van der Waals surface area contributed by atoms with Gasteiger partial charge in [-0.1, -0.05) is 29.3 Å². The number of nitrogens with zero attached hydrogens (tertiary/aromatic N) is 2. The average Bonchev–Trinajstić information content (AvgIpc) is 2.68. The zero-order valence-corrected chi connectivity index (χ0v) is 17.5. The minimum atomic E-state index is 0.00194. The van der Waals surface area contributed by atoms with Crippen LogP contribution in [0.5, 0.6) is 5.75 Å². The van der Waals surface area contributed by atoms with Crippen molar-refractivity contribution in [1.82, 2.24) is 9.80 Å². The average molecular weight is 422 g/mol. The first-order valence-corrected chi connectivity index (χ1v) is 10.2. The van der Waals surface area contributed by atoms with E-state index in [0.717, 1.165) is 49.7 Å². The van der Waals surface area contributed by atoms with Gasteiger partial charge in [-0.3, -0.25) is 14.6 Å². The number of piperazine rings is 1. The van der Waals surface area contributed by atoms with Crippen LogP contribution in [0.25, 0.3) is 0 Å². The number of carbonyl (C=O) groups is 1. The largest absolute Gasteiger partial charge is 0.494 e. The highest BCUT2D eigenvalue weighted by Crippen LogP contribution is 2.23. The predicted octanol–water partition coefficient (Wildman–Crippen LogP) is 4.15. The van der Waals surface area contributed by atoms with Gasteiger partial charge in [-0.25, -0.2) is 0 Å². The van der Waals surface area contributed by atoms with Gasteiger partial charge in [0.25, 0.3) is 0 Å². The zero-order chi connectivity index (χ0) is 19.9. The van der Waals surface area contributed by atoms with Crippen LogP contribution < -0.4 is 10.1 Å². The van der Waals surface area contributed by atoms with Crippen LogP contribution in [0.3, 0.4) is 0 Å². The summed E-state index contributed by atoms with van der Waals surface area (Å²) in [5.41, 5.74) is 1.93. The molecule has 0 spiro atoms. The van der Waals surface area contributed by atoms with Crippen molar-refractivity contribution in [3.8, 4) is 5.75 Å². The second-order valence-corrected chi connectivity index (χ2v) is 7.62. The van der Waals surface area contributed by atoms with Crippen LogP contribution in [0, 0.1) is 0 Å². The number of hydrogen-bond donors (Lipinski definition) is 1. The Morgan fingerprint density at radius 1 is 1.00 bits per heavy atom. The van der Waals surface area contributed by atoms with E-state index in [2.05, 4.69) is 15.1 Å². The lowest BCUT2D eigenvalue weighted by molar-refractivity contribution is -0.117. The van der Waals surface area contributed by atoms with E-state index in [-0.39, 0.29) is 5.91 Å². The van der Waals surface area contributed by atoms with Gasteiger partial charge < -0.3 is 10.1 Å². The van der Waals surface area contributed by atoms with Gasteiger partial charge in [0.1, 0.15) is 5.75 Å². The number of halogens is 2. The molecule has 0 aliphatic carbocycles. The van der Waals surface area contributed by atoms with Crippen LogP contribution in [-0.4, -0.2) is 55.0 Å². The van der Waals surface area contributed by atoms with E-state index in [1.807, 2.05) is 49.4 Å². The molecule has 5 nitrogen and oxygen atoms in total. The molecule has 2 aromatic rings. The van der Waals surface area contributed by atoms with Crippen molar-refractivity contribution < 1.29 is 9.53 Å². The fourth-order valence-electron chi connectivity index (χ4n) is 3.21. The Morgan fingerprint density at radius 3 is 2.32 bits per heavy atom. The minimum absolute atomic E-state index is 0.00194. The fraction of sp³-hybridized carbons (Fsp3) is 0.381. The smallest absolute Gasteiger partial charge is 0.238 e. The van der Waals surface area contributed by atoms with Crippen LogP contribution in [0.15, 0.2) is 42.5 Å². The van der Waals surface area contributed by atoms with Crippen molar-refractivity contribution in [1.29, 1.82) is 0 Å². The van der Waals surface area contributed by atoms with Gasteiger partial charge >= 0.3 is 0 Å². The lowest BCUT2D eigenvalue weighted by Crippen LogP contribution is -2.48. The van der Waals surface area contributed by atoms with E-state index in [1.165, 1.54) is 0 Å². The van der Waals surface area contributed by atoms with Gasteiger partial charge in [-0.15, -0.1) is 0 Å². The van der Waals surface area contributed by atoms with Crippen LogP contribution in [0.4, 0.5) is 5.69 Å². The molecular formula is C21H25Cl2N3O2. The number of hydrogen-bond acceptors (Lipinski definition) is 4. The zero-order valence-electron chi connectivity index (χ0n) is 16.0. The molecule has 0 aromatic heterocycles. The first-order chi connectivity index (χ1) is 13.5. The molecule has 1 amide bonds. The van der Waals surface area contributed by atoms with Crippen LogP contribution in [0.1, 0.15) is 12.5 Å². The van der Waals surface area contributed by atoms with Crippen molar-refractivity contribution in [3.05, 3.63) is 58.1 Å². The van der Waals surface area contributed by atoms with Crippen LogP contribution in [-0.2, 0) is 11.3 Å². The van der Waals surface area contributed by atoms with Gasteiger partial charge in [0.05, 0.1) is 23.2 Å². The maximum atomic E-state index is 12.3. The van der Waals surface area contributed by atoms with E-state index < -0.39 is 0 Å². The first kappa shape index (κ1) is 20.9. The SMILES string of the molecule is CCOc1ccc(NC(=O)CN2CCN(Cc3ccc(Cl)c(Cl)c3)CC2)cc1. The second kappa shape index (κ2) is 10.1. The van der Waals surface area contributed by atoms with E-state index in [4.69, 9.17) is 27.9 Å². The molecular weight excluding hydrogens is 397 g/mol. The summed E-state index contributed by atoms with van der Waals surface area (Å²) in [5, 5.41) is 4.11. The topological polar surface area (TPSA) is 44.8 Å². The highest BCUT2D eigenvalue weighted by molar-refractivity contribution is 6.42. The predicted molar refractivity (Wildman–Crippen MR) is 114 cm³/mol. The third kappa shape index (κ3) is 6.11. The Morgan fingerprint density at radius 2 is 1.68 bits per heavy atom. The Balaban J connectivity index is 1.42. The molecule has 28 heavy (non-hydrogen) atoms. The van der Waals surface area contributed by atoms with Crippen LogP contribution >= 0.6 is 23.2 Å². The number of ether oxygens (including phenoxy) is 1. The van der Waals surface area contributed by atoms with E-state index in [0.29, 0.717) is 23.2 Å². The summed E-state index contributed by atoms with van der Waals surface area (Å²) in [7, 11) is 0. The standard InChI is InChI=1S/C21H25Cl2N3O2/c1-2-28-18-6-4-17(5-7-18)24-21(27)15-26-11-9-25(10-12-26)14-16-3-8-19(22)20(23)13-16/h3-8,13H,2,9-12,14-15H2,1H3,(H,24,27). The number of carbonyl (C=O) groups excluding carboxylic acids is 1. The van der Waals surface area contributed by atoms with Crippen molar-refractivity contribution in [2.75, 3.05) is 44.6 Å². The van der Waals surface area contributed by atoms with Crippen molar-refractivity contribution in [3.63, 3.8) is 0 Å². The summed E-state index contributed by atoms with van der Waals surface area (Å²) in [5.74, 6) is 0.806. The maximum Gasteiger partial charge on any atom is 0.238 e. The maximum absolute atomic E-state index is 12.3. The number of amides is 1. The van der Waals surface area contributed by atoms with Gasteiger partial charge in [-0.05, 0) is 48.9 Å². The summed E-state index contributed by atoms with van der Waals surface area (Å²) >= 11 is 12.1. The lowest BCUT2D eigenvalue weighted by Gasteiger charge is -2.34. The van der Waals surface area contributed by atoms with Crippen molar-refractivity contribution in [2.45, 2.75) is 13.5 Å². The summed E-state index contributed by atoms with van der Waals surface area (Å²) in [6.07, 6.45) is 0. The quantitative estimate of drug-likeness (QED) is 0.728. The minimum Gasteiger partial charge on any atom is -0.494 e. The van der Waals surface area contributed by atoms with E-state index in [1.54, 1.807) is 0 Å². The first-order valence-electron chi connectivity index (χ1n) is 9.45. The fourth-order valence-corrected chi connectivity index (χ4v) is 3.53. The van der Waals surface area contributed by atoms with Gasteiger partial charge in [0.15, 0.2) is 0 Å². The van der Waals surface area contributed by atoms with Crippen LogP contribution in [0.2, 0.25) is 10.0 Å². The number of anilines is 1. The number of nitrogens with one attached hydrogen (secondary N) is 1. The molecule has 0 atom stereocenters. The lowest BCUT2D eigenvalue weighted by atomic mass is 10.2.